The Balaban J connectivity index is 1.06. The van der Waals surface area contributed by atoms with Crippen LogP contribution in [-0.2, 0) is 33.0 Å². The molecule has 2 N–H and O–H groups in total. The number of nitrogens with zero attached hydrogens (tertiary/aromatic N) is 5. The Hall–Kier alpha value is -4.66. The second-order valence-electron chi connectivity index (χ2n) is 14.9. The molecule has 0 aliphatic carbocycles. The van der Waals surface area contributed by atoms with Gasteiger partial charge in [-0.3, -0.25) is 19.2 Å². The second kappa shape index (κ2) is 14.2. The zero-order chi connectivity index (χ0) is 37.8. The number of ether oxygens (including phenoxy) is 2. The van der Waals surface area contributed by atoms with E-state index in [1.54, 1.807) is 14.5 Å². The van der Waals surface area contributed by atoms with Gasteiger partial charge in [0.25, 0.3) is 11.8 Å². The average molecular weight is 809 g/mol. The molecule has 13 heteroatoms. The molecule has 1 spiro atoms. The van der Waals surface area contributed by atoms with Crippen LogP contribution in [0.3, 0.4) is 0 Å². The maximum absolute atomic E-state index is 14.9. The van der Waals surface area contributed by atoms with E-state index in [0.717, 1.165) is 26.9 Å². The van der Waals surface area contributed by atoms with Crippen LogP contribution in [0.2, 0.25) is 18.6 Å². The standard InChI is InChI=1S/C41H42BrN5O6Si/c1-26-39(54(2,3)51)37(19-20-45-23-33(43-44-45)31(24-48)28-9-5-4-6-10-28)53-41(26)32-21-29(42)15-18-34(32)46(40(41)50)22-27-13-16-30(17-14-27)47-35-11-7-8-12-36(35)52-25-38(47)49/h4-18,21,23,26,31,37,39,48,51H,19-20,22,24-25H2,1-3H3/t26-,31?,37+,39-,41+/m1/s1. The Morgan fingerprint density at radius 3 is 2.46 bits per heavy atom. The van der Waals surface area contributed by atoms with Gasteiger partial charge in [0, 0.05) is 39.9 Å². The number of benzene rings is 4. The summed E-state index contributed by atoms with van der Waals surface area (Å²) in [4.78, 5) is 43.1. The highest BCUT2D eigenvalue weighted by molar-refractivity contribution is 9.10. The number of carbonyl (C=O) groups is 2. The summed E-state index contributed by atoms with van der Waals surface area (Å²) >= 11 is 3.65. The van der Waals surface area contributed by atoms with Crippen molar-refractivity contribution in [2.45, 2.75) is 62.7 Å². The van der Waals surface area contributed by atoms with Gasteiger partial charge in [-0.15, -0.1) is 5.10 Å². The van der Waals surface area contributed by atoms with Gasteiger partial charge in [-0.1, -0.05) is 82.7 Å². The summed E-state index contributed by atoms with van der Waals surface area (Å²) in [5.74, 6) is -0.285. The zero-order valence-electron chi connectivity index (χ0n) is 30.3. The number of aliphatic hydroxyl groups excluding tert-OH is 1. The molecule has 8 rings (SSSR count). The van der Waals surface area contributed by atoms with Crippen molar-refractivity contribution < 1.29 is 29.0 Å². The molecule has 278 valence electrons. The monoisotopic (exact) mass is 807 g/mol. The summed E-state index contributed by atoms with van der Waals surface area (Å²) in [5, 5.41) is 19.0. The molecule has 3 aliphatic heterocycles. The van der Waals surface area contributed by atoms with Gasteiger partial charge in [0.1, 0.15) is 5.75 Å². The van der Waals surface area contributed by atoms with Crippen LogP contribution in [0.25, 0.3) is 0 Å². The Labute approximate surface area is 323 Å². The largest absolute Gasteiger partial charge is 0.482 e. The number of aryl methyl sites for hydroxylation is 1. The van der Waals surface area contributed by atoms with Crippen molar-refractivity contribution in [1.29, 1.82) is 0 Å². The lowest BCUT2D eigenvalue weighted by Gasteiger charge is -2.32. The van der Waals surface area contributed by atoms with Crippen LogP contribution in [0.4, 0.5) is 17.1 Å². The van der Waals surface area contributed by atoms with E-state index in [4.69, 9.17) is 9.47 Å². The number of aromatic nitrogens is 3. The van der Waals surface area contributed by atoms with E-state index in [9.17, 15) is 19.5 Å². The second-order valence-corrected chi connectivity index (χ2v) is 19.8. The number of fused-ring (bicyclic) bond motifs is 3. The topological polar surface area (TPSA) is 130 Å². The fraction of sp³-hybridized carbons (Fsp3) is 0.317. The number of para-hydroxylation sites is 2. The molecule has 1 unspecified atom stereocenters. The molecule has 1 fully saturated rings. The fourth-order valence-electron chi connectivity index (χ4n) is 8.69. The molecule has 4 aromatic carbocycles. The molecule has 54 heavy (non-hydrogen) atoms. The summed E-state index contributed by atoms with van der Waals surface area (Å²) in [6, 6.07) is 30.7. The average Bonchev–Trinajstić information content (AvgIpc) is 3.82. The van der Waals surface area contributed by atoms with Gasteiger partial charge in [0.2, 0.25) is 0 Å². The van der Waals surface area contributed by atoms with E-state index in [1.165, 1.54) is 0 Å². The maximum atomic E-state index is 14.9. The van der Waals surface area contributed by atoms with Crippen molar-refractivity contribution in [2.75, 3.05) is 23.0 Å². The molecular weight excluding hydrogens is 766 g/mol. The summed E-state index contributed by atoms with van der Waals surface area (Å²) in [5.41, 5.74) is 3.92. The van der Waals surface area contributed by atoms with Crippen LogP contribution in [0.1, 0.15) is 41.6 Å². The lowest BCUT2D eigenvalue weighted by Crippen LogP contribution is -2.46. The molecule has 4 heterocycles. The summed E-state index contributed by atoms with van der Waals surface area (Å²) in [6.07, 6.45) is 1.94. The molecule has 1 saturated heterocycles. The minimum atomic E-state index is -2.89. The van der Waals surface area contributed by atoms with E-state index in [0.29, 0.717) is 42.3 Å². The third-order valence-electron chi connectivity index (χ3n) is 11.1. The van der Waals surface area contributed by atoms with Crippen LogP contribution in [0.15, 0.2) is 108 Å². The van der Waals surface area contributed by atoms with Crippen molar-refractivity contribution in [3.8, 4) is 5.75 Å². The normalized spacial score (nSPS) is 22.7. The highest BCUT2D eigenvalue weighted by Crippen LogP contribution is 2.60. The molecule has 11 nitrogen and oxygen atoms in total. The number of anilines is 3. The highest BCUT2D eigenvalue weighted by Gasteiger charge is 2.66. The van der Waals surface area contributed by atoms with Gasteiger partial charge in [0.15, 0.2) is 20.5 Å². The predicted molar refractivity (Wildman–Crippen MR) is 210 cm³/mol. The summed E-state index contributed by atoms with van der Waals surface area (Å²) in [6.45, 7) is 6.49. The van der Waals surface area contributed by atoms with E-state index < -0.39 is 20.0 Å². The molecule has 3 aliphatic rings. The number of aliphatic hydroxyl groups is 1. The molecule has 2 amide bonds. The van der Waals surface area contributed by atoms with Crippen LogP contribution < -0.4 is 14.5 Å². The smallest absolute Gasteiger partial charge is 0.269 e. The number of amides is 2. The van der Waals surface area contributed by atoms with Crippen LogP contribution in [0.5, 0.6) is 5.75 Å². The Bertz CT molecular complexity index is 2190. The van der Waals surface area contributed by atoms with E-state index in [2.05, 4.69) is 26.2 Å². The number of carbonyl (C=O) groups excluding carboxylic acids is 2. The van der Waals surface area contributed by atoms with E-state index in [1.807, 2.05) is 123 Å². The minimum Gasteiger partial charge on any atom is -0.482 e. The van der Waals surface area contributed by atoms with Crippen LogP contribution in [0, 0.1) is 5.92 Å². The van der Waals surface area contributed by atoms with E-state index >= 15 is 0 Å². The third kappa shape index (κ3) is 6.27. The minimum absolute atomic E-state index is 0.0402. The molecular formula is C41H42BrN5O6Si. The van der Waals surface area contributed by atoms with Crippen molar-refractivity contribution in [3.63, 3.8) is 0 Å². The van der Waals surface area contributed by atoms with Crippen LogP contribution >= 0.6 is 15.9 Å². The maximum Gasteiger partial charge on any atom is 0.269 e. The Morgan fingerprint density at radius 2 is 1.72 bits per heavy atom. The first-order valence-electron chi connectivity index (χ1n) is 18.2. The fourth-order valence-corrected chi connectivity index (χ4v) is 11.7. The van der Waals surface area contributed by atoms with Crippen molar-refractivity contribution in [3.05, 3.63) is 130 Å². The SMILES string of the molecule is C[C@@H]1[C@@H]([Si](C)(C)O)[C@H](CCn2cc(C(CO)c3ccccc3)nn2)O[C@@]12C(=O)N(Cc1ccc(N3C(=O)COc4ccccc43)cc1)c1ccc(Br)cc12. The first-order chi connectivity index (χ1) is 26.0. The number of rotatable bonds is 10. The predicted octanol–water partition coefficient (Wildman–Crippen LogP) is 6.66. The number of hydrogen-bond acceptors (Lipinski definition) is 8. The molecule has 0 bridgehead atoms. The van der Waals surface area contributed by atoms with Crippen molar-refractivity contribution >= 4 is 53.1 Å². The molecule has 1 aromatic heterocycles. The highest BCUT2D eigenvalue weighted by atomic mass is 79.9. The van der Waals surface area contributed by atoms with Crippen molar-refractivity contribution in [1.82, 2.24) is 15.0 Å². The van der Waals surface area contributed by atoms with E-state index in [-0.39, 0.29) is 42.4 Å². The third-order valence-corrected chi connectivity index (χ3v) is 14.1. The number of hydrogen-bond donors (Lipinski definition) is 2. The van der Waals surface area contributed by atoms with Gasteiger partial charge >= 0.3 is 0 Å². The zero-order valence-corrected chi connectivity index (χ0v) is 32.9. The molecule has 0 radical (unpaired) electrons. The quantitative estimate of drug-likeness (QED) is 0.150. The first-order valence-corrected chi connectivity index (χ1v) is 22.0. The molecule has 5 atom stereocenters. The summed E-state index contributed by atoms with van der Waals surface area (Å²) < 4.78 is 15.3. The van der Waals surface area contributed by atoms with Gasteiger partial charge in [0.05, 0.1) is 42.2 Å². The van der Waals surface area contributed by atoms with Gasteiger partial charge in [-0.05, 0) is 73.1 Å². The molecule has 0 saturated carbocycles. The lowest BCUT2D eigenvalue weighted by molar-refractivity contribution is -0.146. The molecule has 5 aromatic rings. The first kappa shape index (κ1) is 36.3. The van der Waals surface area contributed by atoms with Crippen molar-refractivity contribution in [2.24, 2.45) is 5.92 Å². The number of halogens is 1. The van der Waals surface area contributed by atoms with Gasteiger partial charge in [-0.2, -0.15) is 0 Å². The van der Waals surface area contributed by atoms with Gasteiger partial charge in [-0.25, -0.2) is 0 Å². The summed E-state index contributed by atoms with van der Waals surface area (Å²) in [7, 11) is -2.89. The van der Waals surface area contributed by atoms with Crippen LogP contribution in [-0.4, -0.2) is 64.3 Å². The Morgan fingerprint density at radius 1 is 0.981 bits per heavy atom. The lowest BCUT2D eigenvalue weighted by atomic mass is 9.82. The van der Waals surface area contributed by atoms with Gasteiger partial charge < -0.3 is 24.3 Å². The Kier molecular flexibility index (Phi) is 9.55.